The molecule has 2 aromatic heterocycles. The van der Waals surface area contributed by atoms with Crippen molar-refractivity contribution in [3.63, 3.8) is 0 Å². The van der Waals surface area contributed by atoms with Crippen molar-refractivity contribution in [2.45, 2.75) is 38.8 Å². The van der Waals surface area contributed by atoms with Crippen molar-refractivity contribution in [2.75, 3.05) is 19.6 Å². The van der Waals surface area contributed by atoms with Gasteiger partial charge < -0.3 is 14.3 Å². The number of hydrogen-bond donors (Lipinski definition) is 1. The summed E-state index contributed by atoms with van der Waals surface area (Å²) in [6.45, 7) is 6.09. The lowest BCUT2D eigenvalue weighted by molar-refractivity contribution is 0.210. The van der Waals surface area contributed by atoms with Gasteiger partial charge in [0.05, 0.1) is 12.8 Å². The summed E-state index contributed by atoms with van der Waals surface area (Å²) in [6, 6.07) is 4.24. The highest BCUT2D eigenvalue weighted by molar-refractivity contribution is 5.44. The highest BCUT2D eigenvalue weighted by atomic mass is 16.5. The minimum absolute atomic E-state index is 0.519. The lowest BCUT2D eigenvalue weighted by atomic mass is 10.2. The van der Waals surface area contributed by atoms with E-state index in [1.54, 1.807) is 6.26 Å². The fourth-order valence-corrected chi connectivity index (χ4v) is 2.79. The summed E-state index contributed by atoms with van der Waals surface area (Å²) in [5, 5.41) is 7.52. The van der Waals surface area contributed by atoms with Crippen LogP contribution in [0.3, 0.4) is 0 Å². The van der Waals surface area contributed by atoms with Crippen LogP contribution in [0.5, 0.6) is 0 Å². The number of furan rings is 1. The summed E-state index contributed by atoms with van der Waals surface area (Å²) < 4.78 is 10.6. The first-order valence-corrected chi connectivity index (χ1v) is 7.67. The number of nitrogens with one attached hydrogen (secondary N) is 1. The molecule has 0 bridgehead atoms. The Hall–Kier alpha value is -1.66. The summed E-state index contributed by atoms with van der Waals surface area (Å²) in [5.41, 5.74) is 0. The second-order valence-corrected chi connectivity index (χ2v) is 5.52. The van der Waals surface area contributed by atoms with Gasteiger partial charge in [0.25, 0.3) is 0 Å². The number of aromatic nitrogens is 2. The van der Waals surface area contributed by atoms with Crippen molar-refractivity contribution in [1.29, 1.82) is 0 Å². The second-order valence-electron chi connectivity index (χ2n) is 5.52. The van der Waals surface area contributed by atoms with E-state index in [9.17, 15) is 0 Å². The fourth-order valence-electron chi connectivity index (χ4n) is 2.79. The molecule has 3 heterocycles. The molecule has 2 aromatic rings. The van der Waals surface area contributed by atoms with Gasteiger partial charge in [0.2, 0.25) is 11.7 Å². The summed E-state index contributed by atoms with van der Waals surface area (Å²) in [4.78, 5) is 6.79. The normalized spacial score (nSPS) is 18.7. The summed E-state index contributed by atoms with van der Waals surface area (Å²) >= 11 is 0. The molecule has 0 saturated carbocycles. The summed E-state index contributed by atoms with van der Waals surface area (Å²) in [7, 11) is 0. The third-order valence-electron chi connectivity index (χ3n) is 3.75. The number of rotatable bonds is 7. The van der Waals surface area contributed by atoms with Crippen molar-refractivity contribution >= 4 is 0 Å². The van der Waals surface area contributed by atoms with Crippen LogP contribution in [-0.2, 0) is 6.54 Å². The van der Waals surface area contributed by atoms with E-state index in [2.05, 4.69) is 27.3 Å². The molecule has 1 aliphatic heterocycles. The van der Waals surface area contributed by atoms with Crippen LogP contribution in [0.15, 0.2) is 27.3 Å². The molecule has 0 amide bonds. The maximum Gasteiger partial charge on any atom is 0.241 e. The quantitative estimate of drug-likeness (QED) is 0.844. The fraction of sp³-hybridized carbons (Fsp3) is 0.600. The molecule has 1 aliphatic rings. The van der Waals surface area contributed by atoms with Gasteiger partial charge in [0.15, 0.2) is 5.76 Å². The molecule has 1 N–H and O–H groups in total. The Labute approximate surface area is 124 Å². The number of hydrogen-bond acceptors (Lipinski definition) is 6. The lowest BCUT2D eigenvalue weighted by Crippen LogP contribution is -2.37. The van der Waals surface area contributed by atoms with E-state index in [4.69, 9.17) is 8.94 Å². The second kappa shape index (κ2) is 6.87. The molecular weight excluding hydrogens is 268 g/mol. The molecule has 1 fully saturated rings. The zero-order chi connectivity index (χ0) is 14.5. The van der Waals surface area contributed by atoms with E-state index in [1.165, 1.54) is 12.8 Å². The Kier molecular flexibility index (Phi) is 4.67. The van der Waals surface area contributed by atoms with E-state index >= 15 is 0 Å². The monoisotopic (exact) mass is 290 g/mol. The average Bonchev–Trinajstić information content (AvgIpc) is 3.21. The zero-order valence-corrected chi connectivity index (χ0v) is 12.4. The average molecular weight is 290 g/mol. The van der Waals surface area contributed by atoms with E-state index in [0.29, 0.717) is 30.1 Å². The van der Waals surface area contributed by atoms with Gasteiger partial charge >= 0.3 is 0 Å². The maximum absolute atomic E-state index is 5.35. The van der Waals surface area contributed by atoms with Gasteiger partial charge in [-0.15, -0.1) is 0 Å². The number of nitrogens with zero attached hydrogens (tertiary/aromatic N) is 3. The molecule has 6 heteroatoms. The molecule has 0 aromatic carbocycles. The molecular formula is C15H22N4O2. The van der Waals surface area contributed by atoms with Gasteiger partial charge in [-0.3, -0.25) is 4.90 Å². The molecule has 1 saturated heterocycles. The van der Waals surface area contributed by atoms with Crippen LogP contribution >= 0.6 is 0 Å². The molecule has 0 aliphatic carbocycles. The Morgan fingerprint density at radius 2 is 2.43 bits per heavy atom. The molecule has 1 atom stereocenters. The Bertz CT molecular complexity index is 532. The standard InChI is InChI=1S/C15H22N4O2/c1-2-8-19(10-12-5-3-7-16-12)11-14-17-15(18-21-14)13-6-4-9-20-13/h4,6,9,12,16H,2-3,5,7-8,10-11H2,1H3. The zero-order valence-electron chi connectivity index (χ0n) is 12.4. The van der Waals surface area contributed by atoms with Crippen LogP contribution in [0.1, 0.15) is 32.1 Å². The third kappa shape index (κ3) is 3.71. The lowest BCUT2D eigenvalue weighted by Gasteiger charge is -2.23. The summed E-state index contributed by atoms with van der Waals surface area (Å²) in [6.07, 6.45) is 5.25. The Balaban J connectivity index is 1.62. The molecule has 0 radical (unpaired) electrons. The Morgan fingerprint density at radius 1 is 1.48 bits per heavy atom. The van der Waals surface area contributed by atoms with Gasteiger partial charge in [-0.1, -0.05) is 12.1 Å². The Morgan fingerprint density at radius 3 is 3.14 bits per heavy atom. The van der Waals surface area contributed by atoms with E-state index in [1.807, 2.05) is 12.1 Å². The van der Waals surface area contributed by atoms with Crippen molar-refractivity contribution in [3.05, 3.63) is 24.3 Å². The first-order valence-electron chi connectivity index (χ1n) is 7.67. The highest BCUT2D eigenvalue weighted by Crippen LogP contribution is 2.17. The van der Waals surface area contributed by atoms with Crippen LogP contribution < -0.4 is 5.32 Å². The first kappa shape index (κ1) is 14.3. The van der Waals surface area contributed by atoms with Crippen molar-refractivity contribution < 1.29 is 8.94 Å². The summed E-state index contributed by atoms with van der Waals surface area (Å²) in [5.74, 6) is 1.81. The first-order chi connectivity index (χ1) is 10.3. The topological polar surface area (TPSA) is 67.3 Å². The van der Waals surface area contributed by atoms with Gasteiger partial charge in [0, 0.05) is 12.6 Å². The largest absolute Gasteiger partial charge is 0.461 e. The van der Waals surface area contributed by atoms with E-state index in [0.717, 1.165) is 26.1 Å². The third-order valence-corrected chi connectivity index (χ3v) is 3.75. The van der Waals surface area contributed by atoms with Crippen LogP contribution in [-0.4, -0.2) is 40.7 Å². The van der Waals surface area contributed by atoms with E-state index in [-0.39, 0.29) is 0 Å². The van der Waals surface area contributed by atoms with Crippen molar-refractivity contribution in [2.24, 2.45) is 0 Å². The van der Waals surface area contributed by atoms with Gasteiger partial charge in [-0.2, -0.15) is 4.98 Å². The predicted molar refractivity (Wildman–Crippen MR) is 78.6 cm³/mol. The molecule has 3 rings (SSSR count). The maximum atomic E-state index is 5.35. The highest BCUT2D eigenvalue weighted by Gasteiger charge is 2.20. The molecule has 0 spiro atoms. The minimum Gasteiger partial charge on any atom is -0.461 e. The molecule has 1 unspecified atom stereocenters. The van der Waals surface area contributed by atoms with Crippen LogP contribution in [0.25, 0.3) is 11.6 Å². The van der Waals surface area contributed by atoms with Gasteiger partial charge in [-0.25, -0.2) is 0 Å². The molecule has 114 valence electrons. The van der Waals surface area contributed by atoms with Crippen LogP contribution in [0, 0.1) is 0 Å². The van der Waals surface area contributed by atoms with Crippen molar-refractivity contribution in [1.82, 2.24) is 20.4 Å². The SMILES string of the molecule is CCCN(Cc1nc(-c2ccco2)no1)CC1CCCN1. The van der Waals surface area contributed by atoms with Crippen LogP contribution in [0.2, 0.25) is 0 Å². The predicted octanol–water partition coefficient (Wildman–Crippen LogP) is 2.29. The van der Waals surface area contributed by atoms with Crippen molar-refractivity contribution in [3.8, 4) is 11.6 Å². The van der Waals surface area contributed by atoms with E-state index < -0.39 is 0 Å². The van der Waals surface area contributed by atoms with Gasteiger partial charge in [-0.05, 0) is 44.5 Å². The molecule has 21 heavy (non-hydrogen) atoms. The van der Waals surface area contributed by atoms with Gasteiger partial charge in [0.1, 0.15) is 0 Å². The smallest absolute Gasteiger partial charge is 0.241 e. The minimum atomic E-state index is 0.519. The van der Waals surface area contributed by atoms with Crippen LogP contribution in [0.4, 0.5) is 0 Å². The molecule has 6 nitrogen and oxygen atoms in total.